The van der Waals surface area contributed by atoms with Gasteiger partial charge < -0.3 is 15.6 Å². The summed E-state index contributed by atoms with van der Waals surface area (Å²) in [5.74, 6) is 1.66. The number of hydrogen-bond acceptors (Lipinski definition) is 4. The van der Waals surface area contributed by atoms with Gasteiger partial charge in [0.15, 0.2) is 0 Å². The third kappa shape index (κ3) is 2.97. The molecule has 4 heteroatoms. The van der Waals surface area contributed by atoms with Crippen molar-refractivity contribution in [3.63, 3.8) is 0 Å². The minimum Gasteiger partial charge on any atom is -0.491 e. The van der Waals surface area contributed by atoms with E-state index in [0.717, 1.165) is 30.3 Å². The van der Waals surface area contributed by atoms with E-state index in [2.05, 4.69) is 4.90 Å². The topological polar surface area (TPSA) is 58.7 Å². The minimum absolute atomic E-state index is 0.338. The highest BCUT2D eigenvalue weighted by atomic mass is 16.5. The van der Waals surface area contributed by atoms with Crippen molar-refractivity contribution in [1.82, 2.24) is 4.90 Å². The molecule has 110 valence electrons. The number of nitrogens with two attached hydrogens (primary N) is 1. The highest BCUT2D eigenvalue weighted by Gasteiger charge is 2.38. The first-order valence-electron chi connectivity index (χ1n) is 7.59. The zero-order valence-corrected chi connectivity index (χ0v) is 11.9. The Morgan fingerprint density at radius 1 is 1.35 bits per heavy atom. The third-order valence-electron chi connectivity index (χ3n) is 4.59. The lowest BCUT2D eigenvalue weighted by molar-refractivity contribution is 0.0570. The highest BCUT2D eigenvalue weighted by molar-refractivity contribution is 5.32. The number of aliphatic hydroxyl groups is 1. The van der Waals surface area contributed by atoms with Crippen molar-refractivity contribution in [2.45, 2.75) is 38.0 Å². The van der Waals surface area contributed by atoms with Gasteiger partial charge in [-0.3, -0.25) is 4.90 Å². The predicted molar refractivity (Wildman–Crippen MR) is 78.5 cm³/mol. The lowest BCUT2D eigenvalue weighted by atomic mass is 10.1. The Morgan fingerprint density at radius 2 is 2.20 bits per heavy atom. The molecule has 2 aliphatic rings. The lowest BCUT2D eigenvalue weighted by Gasteiger charge is -2.28. The van der Waals surface area contributed by atoms with Crippen molar-refractivity contribution in [3.05, 3.63) is 29.8 Å². The molecule has 1 aliphatic heterocycles. The van der Waals surface area contributed by atoms with Gasteiger partial charge in [0.1, 0.15) is 18.5 Å². The standard InChI is InChI=1S/C16H24N2O2/c17-8-13-3-1-2-4-16(13)20-11-15(19)10-18-9-12-5-6-14(18)7-12/h1-4,12,14-15,19H,5-11,17H2. The van der Waals surface area contributed by atoms with E-state index in [-0.39, 0.29) is 0 Å². The second kappa shape index (κ2) is 6.12. The second-order valence-electron chi connectivity index (χ2n) is 6.06. The quantitative estimate of drug-likeness (QED) is 0.824. The van der Waals surface area contributed by atoms with Gasteiger partial charge in [0, 0.05) is 31.2 Å². The first-order valence-corrected chi connectivity index (χ1v) is 7.59. The Labute approximate surface area is 120 Å². The Morgan fingerprint density at radius 3 is 2.90 bits per heavy atom. The van der Waals surface area contributed by atoms with E-state index in [9.17, 15) is 5.11 Å². The van der Waals surface area contributed by atoms with Crippen LogP contribution < -0.4 is 10.5 Å². The van der Waals surface area contributed by atoms with Crippen molar-refractivity contribution in [2.24, 2.45) is 11.7 Å². The molecule has 3 N–H and O–H groups in total. The van der Waals surface area contributed by atoms with Crippen molar-refractivity contribution >= 4 is 0 Å². The lowest BCUT2D eigenvalue weighted by Crippen LogP contribution is -2.40. The molecule has 2 bridgehead atoms. The molecule has 0 aromatic heterocycles. The minimum atomic E-state index is -0.430. The van der Waals surface area contributed by atoms with E-state index in [1.165, 1.54) is 19.3 Å². The molecule has 3 rings (SSSR count). The summed E-state index contributed by atoms with van der Waals surface area (Å²) in [5, 5.41) is 10.2. The summed E-state index contributed by atoms with van der Waals surface area (Å²) < 4.78 is 5.72. The normalized spacial score (nSPS) is 26.9. The fourth-order valence-corrected chi connectivity index (χ4v) is 3.57. The Balaban J connectivity index is 1.48. The molecule has 0 amide bonds. The van der Waals surface area contributed by atoms with Gasteiger partial charge in [0.2, 0.25) is 0 Å². The van der Waals surface area contributed by atoms with E-state index in [4.69, 9.17) is 10.5 Å². The molecular formula is C16H24N2O2. The Kier molecular flexibility index (Phi) is 4.24. The maximum atomic E-state index is 10.2. The molecule has 1 saturated carbocycles. The van der Waals surface area contributed by atoms with Gasteiger partial charge in [-0.2, -0.15) is 0 Å². The van der Waals surface area contributed by atoms with Crippen LogP contribution in [0.25, 0.3) is 0 Å². The first-order chi connectivity index (χ1) is 9.76. The summed E-state index contributed by atoms with van der Waals surface area (Å²) in [5.41, 5.74) is 6.67. The van der Waals surface area contributed by atoms with Crippen LogP contribution in [0.2, 0.25) is 0 Å². The fraction of sp³-hybridized carbons (Fsp3) is 0.625. The third-order valence-corrected chi connectivity index (χ3v) is 4.59. The summed E-state index contributed by atoms with van der Waals surface area (Å²) in [6.45, 7) is 2.68. The second-order valence-corrected chi connectivity index (χ2v) is 6.06. The van der Waals surface area contributed by atoms with Crippen LogP contribution in [0.3, 0.4) is 0 Å². The zero-order valence-electron chi connectivity index (χ0n) is 11.9. The molecule has 1 aromatic carbocycles. The number of piperidine rings is 1. The molecule has 0 spiro atoms. The predicted octanol–water partition coefficient (Wildman–Crippen LogP) is 1.37. The largest absolute Gasteiger partial charge is 0.491 e. The summed E-state index contributed by atoms with van der Waals surface area (Å²) in [7, 11) is 0. The average molecular weight is 276 g/mol. The van der Waals surface area contributed by atoms with Gasteiger partial charge in [0.25, 0.3) is 0 Å². The van der Waals surface area contributed by atoms with Crippen LogP contribution in [0.5, 0.6) is 5.75 Å². The smallest absolute Gasteiger partial charge is 0.123 e. The van der Waals surface area contributed by atoms with Crippen LogP contribution >= 0.6 is 0 Å². The number of nitrogens with zero attached hydrogens (tertiary/aromatic N) is 1. The summed E-state index contributed by atoms with van der Waals surface area (Å²) in [6.07, 6.45) is 3.57. The number of para-hydroxylation sites is 1. The molecule has 4 nitrogen and oxygen atoms in total. The number of fused-ring (bicyclic) bond motifs is 2. The number of ether oxygens (including phenoxy) is 1. The van der Waals surface area contributed by atoms with Crippen LogP contribution in [-0.2, 0) is 6.54 Å². The van der Waals surface area contributed by atoms with Crippen LogP contribution in [0.4, 0.5) is 0 Å². The SMILES string of the molecule is NCc1ccccc1OCC(O)CN1CC2CCC1C2. The summed E-state index contributed by atoms with van der Waals surface area (Å²) in [4.78, 5) is 2.43. The molecule has 2 fully saturated rings. The molecule has 20 heavy (non-hydrogen) atoms. The van der Waals surface area contributed by atoms with Gasteiger partial charge in [-0.25, -0.2) is 0 Å². The highest BCUT2D eigenvalue weighted by Crippen LogP contribution is 2.37. The van der Waals surface area contributed by atoms with Gasteiger partial charge in [-0.05, 0) is 31.2 Å². The summed E-state index contributed by atoms with van der Waals surface area (Å²) >= 11 is 0. The van der Waals surface area contributed by atoms with E-state index in [1.54, 1.807) is 0 Å². The number of benzene rings is 1. The fourth-order valence-electron chi connectivity index (χ4n) is 3.57. The number of aliphatic hydroxyl groups excluding tert-OH is 1. The number of hydrogen-bond donors (Lipinski definition) is 2. The van der Waals surface area contributed by atoms with Crippen LogP contribution in [0.15, 0.2) is 24.3 Å². The van der Waals surface area contributed by atoms with Gasteiger partial charge in [-0.15, -0.1) is 0 Å². The van der Waals surface area contributed by atoms with E-state index in [0.29, 0.717) is 19.2 Å². The molecule has 0 radical (unpaired) electrons. The van der Waals surface area contributed by atoms with E-state index in [1.807, 2.05) is 24.3 Å². The van der Waals surface area contributed by atoms with Crippen LogP contribution in [0.1, 0.15) is 24.8 Å². The monoisotopic (exact) mass is 276 g/mol. The van der Waals surface area contributed by atoms with Gasteiger partial charge >= 0.3 is 0 Å². The van der Waals surface area contributed by atoms with Crippen molar-refractivity contribution in [3.8, 4) is 5.75 Å². The van der Waals surface area contributed by atoms with Crippen molar-refractivity contribution in [2.75, 3.05) is 19.7 Å². The molecule has 1 aromatic rings. The number of β-amino-alcohol motifs (C(OH)–C–C–N with tert-alkyl or cyclic N) is 1. The maximum Gasteiger partial charge on any atom is 0.123 e. The molecule has 3 unspecified atom stereocenters. The van der Waals surface area contributed by atoms with Crippen LogP contribution in [-0.4, -0.2) is 41.8 Å². The van der Waals surface area contributed by atoms with Crippen molar-refractivity contribution in [1.29, 1.82) is 0 Å². The van der Waals surface area contributed by atoms with Gasteiger partial charge in [-0.1, -0.05) is 18.2 Å². The summed E-state index contributed by atoms with van der Waals surface area (Å²) in [6, 6.07) is 8.45. The van der Waals surface area contributed by atoms with E-state index >= 15 is 0 Å². The molecule has 1 aliphatic carbocycles. The van der Waals surface area contributed by atoms with Gasteiger partial charge in [0.05, 0.1) is 0 Å². The van der Waals surface area contributed by atoms with E-state index < -0.39 is 6.10 Å². The molecule has 1 saturated heterocycles. The average Bonchev–Trinajstić information content (AvgIpc) is 3.08. The zero-order chi connectivity index (χ0) is 13.9. The Bertz CT molecular complexity index is 452. The first kappa shape index (κ1) is 13.9. The molecule has 3 atom stereocenters. The number of rotatable bonds is 6. The molecule has 1 heterocycles. The maximum absolute atomic E-state index is 10.2. The van der Waals surface area contributed by atoms with Crippen molar-refractivity contribution < 1.29 is 9.84 Å². The van der Waals surface area contributed by atoms with Crippen LogP contribution in [0, 0.1) is 5.92 Å². The Hall–Kier alpha value is -1.10. The number of likely N-dealkylation sites (tertiary alicyclic amines) is 1. The molecular weight excluding hydrogens is 252 g/mol.